The van der Waals surface area contributed by atoms with Crippen molar-refractivity contribution in [2.75, 3.05) is 16.5 Å². The van der Waals surface area contributed by atoms with E-state index in [1.807, 2.05) is 30.3 Å². The molecule has 0 aromatic heterocycles. The van der Waals surface area contributed by atoms with Gasteiger partial charge in [0, 0.05) is 12.1 Å². The van der Waals surface area contributed by atoms with Gasteiger partial charge in [-0.15, -0.1) is 0 Å². The Morgan fingerprint density at radius 1 is 0.917 bits per heavy atom. The molecule has 2 atom stereocenters. The summed E-state index contributed by atoms with van der Waals surface area (Å²) in [4.78, 5) is 39.2. The van der Waals surface area contributed by atoms with E-state index < -0.39 is 16.9 Å². The average molecular weight is 485 g/mol. The molecule has 0 bridgehead atoms. The zero-order valence-electron chi connectivity index (χ0n) is 19.6. The van der Waals surface area contributed by atoms with Crippen molar-refractivity contribution < 1.29 is 19.2 Å². The van der Waals surface area contributed by atoms with Gasteiger partial charge in [0.2, 0.25) is 5.91 Å². The van der Waals surface area contributed by atoms with Gasteiger partial charge in [0.05, 0.1) is 28.6 Å². The lowest BCUT2D eigenvalue weighted by Crippen LogP contribution is -2.39. The van der Waals surface area contributed by atoms with E-state index in [0.29, 0.717) is 35.0 Å². The Morgan fingerprint density at radius 3 is 2.25 bits per heavy atom. The molecule has 2 aliphatic rings. The zero-order chi connectivity index (χ0) is 25.2. The number of amides is 2. The second-order valence-corrected chi connectivity index (χ2v) is 8.60. The number of anilines is 2. The van der Waals surface area contributed by atoms with Crippen molar-refractivity contribution in [3.8, 4) is 5.75 Å². The van der Waals surface area contributed by atoms with E-state index in [2.05, 4.69) is 12.0 Å². The summed E-state index contributed by atoms with van der Waals surface area (Å²) < 4.78 is 5.70. The lowest BCUT2D eigenvalue weighted by molar-refractivity contribution is -0.384. The molecule has 0 N–H and O–H groups in total. The van der Waals surface area contributed by atoms with Gasteiger partial charge in [-0.1, -0.05) is 31.5 Å². The normalized spacial score (nSPS) is 18.9. The Kier molecular flexibility index (Phi) is 6.20. The fourth-order valence-electron chi connectivity index (χ4n) is 4.48. The molecule has 5 rings (SSSR count). The van der Waals surface area contributed by atoms with E-state index in [4.69, 9.17) is 4.74 Å². The van der Waals surface area contributed by atoms with E-state index in [9.17, 15) is 19.7 Å². The number of imide groups is 1. The Balaban J connectivity index is 1.50. The van der Waals surface area contributed by atoms with Crippen molar-refractivity contribution in [3.63, 3.8) is 0 Å². The molecule has 3 aromatic carbocycles. The van der Waals surface area contributed by atoms with E-state index in [1.54, 1.807) is 41.4 Å². The summed E-state index contributed by atoms with van der Waals surface area (Å²) in [6.07, 6.45) is 1.96. The molecule has 2 aliphatic heterocycles. The van der Waals surface area contributed by atoms with Gasteiger partial charge >= 0.3 is 0 Å². The molecule has 3 aromatic rings. The van der Waals surface area contributed by atoms with Crippen LogP contribution in [0.15, 0.2) is 84.0 Å². The van der Waals surface area contributed by atoms with Crippen molar-refractivity contribution >= 4 is 34.6 Å². The van der Waals surface area contributed by atoms with Crippen LogP contribution in [-0.4, -0.2) is 35.1 Å². The third kappa shape index (κ3) is 4.08. The van der Waals surface area contributed by atoms with Crippen LogP contribution < -0.4 is 14.6 Å². The predicted octanol–water partition coefficient (Wildman–Crippen LogP) is 4.56. The lowest BCUT2D eigenvalue weighted by Gasteiger charge is -2.22. The smallest absolute Gasteiger partial charge is 0.269 e. The summed E-state index contributed by atoms with van der Waals surface area (Å²) in [6.45, 7) is 2.68. The molecule has 0 saturated carbocycles. The lowest BCUT2D eigenvalue weighted by atomic mass is 9.92. The molecular formula is C27H24N4O5. The molecule has 2 amide bonds. The number of non-ortho nitro benzene ring substituents is 1. The first kappa shape index (κ1) is 23.2. The third-order valence-corrected chi connectivity index (χ3v) is 6.31. The Morgan fingerprint density at radius 2 is 1.61 bits per heavy atom. The standard InChI is InChI=1S/C27H24N4O5/c1-2-3-17-36-22-15-13-19(14-16-22)29-26(32)23-24(18-9-11-21(12-10-18)31(34)35)28-30(25(23)27(29)33)20-7-5-4-6-8-20/h4-16,23,25H,2-3,17H2,1H3. The zero-order valence-corrected chi connectivity index (χ0v) is 19.6. The summed E-state index contributed by atoms with van der Waals surface area (Å²) in [7, 11) is 0. The minimum Gasteiger partial charge on any atom is -0.494 e. The van der Waals surface area contributed by atoms with E-state index >= 15 is 0 Å². The van der Waals surface area contributed by atoms with Crippen LogP contribution in [0.3, 0.4) is 0 Å². The molecule has 0 aliphatic carbocycles. The first-order valence-corrected chi connectivity index (χ1v) is 11.8. The van der Waals surface area contributed by atoms with Crippen LogP contribution in [0.1, 0.15) is 25.3 Å². The maximum atomic E-state index is 13.7. The van der Waals surface area contributed by atoms with Crippen LogP contribution in [0.4, 0.5) is 17.1 Å². The van der Waals surface area contributed by atoms with Crippen LogP contribution >= 0.6 is 0 Å². The molecule has 36 heavy (non-hydrogen) atoms. The maximum Gasteiger partial charge on any atom is 0.269 e. The molecule has 1 fully saturated rings. The molecule has 2 heterocycles. The Bertz CT molecular complexity index is 1320. The number of carbonyl (C=O) groups is 2. The summed E-state index contributed by atoms with van der Waals surface area (Å²) in [5.41, 5.74) is 2.02. The first-order chi connectivity index (χ1) is 17.5. The van der Waals surface area contributed by atoms with Gasteiger partial charge in [0.15, 0.2) is 0 Å². The number of nitro groups is 1. The number of unbranched alkanes of at least 4 members (excludes halogenated alkanes) is 1. The number of hydrazone groups is 1. The van der Waals surface area contributed by atoms with Gasteiger partial charge < -0.3 is 4.74 Å². The van der Waals surface area contributed by atoms with Gasteiger partial charge in [0.1, 0.15) is 17.7 Å². The maximum absolute atomic E-state index is 13.7. The predicted molar refractivity (Wildman–Crippen MR) is 135 cm³/mol. The van der Waals surface area contributed by atoms with Crippen molar-refractivity contribution in [1.82, 2.24) is 0 Å². The summed E-state index contributed by atoms with van der Waals surface area (Å²) >= 11 is 0. The second kappa shape index (κ2) is 9.61. The summed E-state index contributed by atoms with van der Waals surface area (Å²) in [5.74, 6) is -0.945. The highest BCUT2D eigenvalue weighted by Gasteiger charge is 2.57. The first-order valence-electron chi connectivity index (χ1n) is 11.8. The number of carbonyl (C=O) groups excluding carboxylic acids is 2. The quantitative estimate of drug-likeness (QED) is 0.201. The van der Waals surface area contributed by atoms with Gasteiger partial charge in [0.25, 0.3) is 11.6 Å². The Labute approximate surface area is 207 Å². The fraction of sp³-hybridized carbons (Fsp3) is 0.222. The number of fused-ring (bicyclic) bond motifs is 1. The highest BCUT2D eigenvalue weighted by molar-refractivity contribution is 6.34. The van der Waals surface area contributed by atoms with Gasteiger partial charge in [-0.2, -0.15) is 5.10 Å². The fourth-order valence-corrected chi connectivity index (χ4v) is 4.48. The van der Waals surface area contributed by atoms with Crippen LogP contribution in [0.25, 0.3) is 0 Å². The average Bonchev–Trinajstić information content (AvgIpc) is 3.42. The topological polar surface area (TPSA) is 105 Å². The van der Waals surface area contributed by atoms with Gasteiger partial charge in [-0.3, -0.25) is 24.7 Å². The molecule has 9 nitrogen and oxygen atoms in total. The second-order valence-electron chi connectivity index (χ2n) is 8.60. The highest BCUT2D eigenvalue weighted by atomic mass is 16.6. The summed E-state index contributed by atoms with van der Waals surface area (Å²) in [5, 5.41) is 17.3. The molecule has 182 valence electrons. The minimum atomic E-state index is -0.856. The molecule has 2 unspecified atom stereocenters. The minimum absolute atomic E-state index is 0.0643. The molecule has 0 spiro atoms. The number of hydrogen-bond donors (Lipinski definition) is 0. The van der Waals surface area contributed by atoms with E-state index in [-0.39, 0.29) is 17.5 Å². The molecule has 9 heteroatoms. The highest BCUT2D eigenvalue weighted by Crippen LogP contribution is 2.39. The van der Waals surface area contributed by atoms with E-state index in [0.717, 1.165) is 12.8 Å². The summed E-state index contributed by atoms with van der Waals surface area (Å²) in [6, 6.07) is 21.1. The molecule has 0 radical (unpaired) electrons. The SMILES string of the molecule is CCCCOc1ccc(N2C(=O)C3C(c4ccc([N+](=O)[O-])cc4)=NN(c4ccccc4)C3C2=O)cc1. The number of ether oxygens (including phenoxy) is 1. The van der Waals surface area contributed by atoms with Crippen LogP contribution in [0, 0.1) is 16.0 Å². The van der Waals surface area contributed by atoms with Crippen molar-refractivity contribution in [3.05, 3.63) is 94.5 Å². The van der Waals surface area contributed by atoms with Crippen LogP contribution in [0.2, 0.25) is 0 Å². The van der Waals surface area contributed by atoms with Crippen molar-refractivity contribution in [2.24, 2.45) is 11.0 Å². The van der Waals surface area contributed by atoms with E-state index in [1.165, 1.54) is 17.0 Å². The molecular weight excluding hydrogens is 460 g/mol. The number of nitro benzene ring substituents is 1. The third-order valence-electron chi connectivity index (χ3n) is 6.31. The number of para-hydroxylation sites is 1. The number of nitrogens with zero attached hydrogens (tertiary/aromatic N) is 4. The number of rotatable bonds is 8. The van der Waals surface area contributed by atoms with Crippen molar-refractivity contribution in [2.45, 2.75) is 25.8 Å². The largest absolute Gasteiger partial charge is 0.494 e. The molecule has 1 saturated heterocycles. The van der Waals surface area contributed by atoms with Gasteiger partial charge in [-0.25, -0.2) is 4.90 Å². The van der Waals surface area contributed by atoms with Crippen LogP contribution in [-0.2, 0) is 9.59 Å². The Hall–Kier alpha value is -4.53. The van der Waals surface area contributed by atoms with Crippen molar-refractivity contribution in [1.29, 1.82) is 0 Å². The van der Waals surface area contributed by atoms with Gasteiger partial charge in [-0.05, 0) is 60.5 Å². The van der Waals surface area contributed by atoms with Crippen LogP contribution in [0.5, 0.6) is 5.75 Å². The number of hydrogen-bond acceptors (Lipinski definition) is 7. The number of benzene rings is 3. The monoisotopic (exact) mass is 484 g/mol.